The van der Waals surface area contributed by atoms with Gasteiger partial charge in [-0.1, -0.05) is 200 Å². The van der Waals surface area contributed by atoms with Gasteiger partial charge in [0, 0.05) is 97.6 Å². The minimum absolute atomic E-state index is 0.982. The Bertz CT molecular complexity index is 4420. The smallest absolute Gasteiger partial charge is 0.0540 e. The third kappa shape index (κ3) is 9.33. The summed E-state index contributed by atoms with van der Waals surface area (Å²) < 4.78 is 0. The molecule has 13 aromatic carbocycles. The van der Waals surface area contributed by atoms with E-state index in [0.29, 0.717) is 0 Å². The lowest BCUT2D eigenvalue weighted by Crippen LogP contribution is -2.14. The van der Waals surface area contributed by atoms with Crippen LogP contribution in [0, 0.1) is 0 Å². The van der Waals surface area contributed by atoms with Gasteiger partial charge in [0.2, 0.25) is 0 Å². The van der Waals surface area contributed by atoms with Crippen LogP contribution in [-0.4, -0.2) is 12.0 Å². The number of nitrogens with zero attached hydrogens (tertiary/aromatic N) is 5. The first kappa shape index (κ1) is 48.6. The molecule has 0 aliphatic rings. The Balaban J connectivity index is 1.01. The van der Waals surface area contributed by atoms with E-state index in [4.69, 9.17) is 4.98 Å². The van der Waals surface area contributed by atoms with E-state index in [-0.39, 0.29) is 0 Å². The van der Waals surface area contributed by atoms with Crippen molar-refractivity contribution in [2.24, 2.45) is 0 Å². The lowest BCUT2D eigenvalue weighted by Gasteiger charge is -2.31. The second-order valence-electron chi connectivity index (χ2n) is 20.5. The number of hydrogen-bond donors (Lipinski definition) is 0. The normalized spacial score (nSPS) is 11.3. The van der Waals surface area contributed by atoms with Crippen LogP contribution in [0.1, 0.15) is 0 Å². The third-order valence-corrected chi connectivity index (χ3v) is 15.6. The Morgan fingerprint density at radius 2 is 0.506 bits per heavy atom. The number of pyridine rings is 1. The van der Waals surface area contributed by atoms with Crippen molar-refractivity contribution < 1.29 is 0 Å². The molecule has 1 aromatic heterocycles. The van der Waals surface area contributed by atoms with Crippen LogP contribution in [0.2, 0.25) is 0 Å². The fraction of sp³-hybridized carbons (Fsp3) is 0.0132. The van der Waals surface area contributed by atoms with Gasteiger partial charge in [-0.2, -0.15) is 0 Å². The first-order valence-corrected chi connectivity index (χ1v) is 27.6. The zero-order chi connectivity index (χ0) is 54.1. The highest BCUT2D eigenvalue weighted by Gasteiger charge is 2.24. The highest BCUT2D eigenvalue weighted by atomic mass is 15.2. The van der Waals surface area contributed by atoms with E-state index in [1.807, 2.05) is 12.4 Å². The predicted molar refractivity (Wildman–Crippen MR) is 344 cm³/mol. The van der Waals surface area contributed by atoms with Gasteiger partial charge >= 0.3 is 0 Å². The molecule has 0 amide bonds. The van der Waals surface area contributed by atoms with Crippen molar-refractivity contribution >= 4 is 106 Å². The Hall–Kier alpha value is -10.8. The number of benzene rings is 13. The summed E-state index contributed by atoms with van der Waals surface area (Å²) in [5.41, 5.74) is 15.6. The monoisotopic (exact) mass is 1040 g/mol. The minimum atomic E-state index is 0.982. The zero-order valence-electron chi connectivity index (χ0n) is 44.8. The molecule has 0 fully saturated rings. The van der Waals surface area contributed by atoms with E-state index in [1.54, 1.807) is 0 Å². The molecule has 0 bridgehead atoms. The van der Waals surface area contributed by atoms with Crippen molar-refractivity contribution in [1.82, 2.24) is 4.98 Å². The molecule has 14 rings (SSSR count). The first-order chi connectivity index (χ1) is 40.1. The molecule has 1 heterocycles. The molecule has 0 radical (unpaired) electrons. The predicted octanol–water partition coefficient (Wildman–Crippen LogP) is 21.2. The highest BCUT2D eigenvalue weighted by molar-refractivity contribution is 6.04. The van der Waals surface area contributed by atoms with Crippen LogP contribution in [0.25, 0.3) is 65.3 Å². The molecule has 0 spiro atoms. The molecule has 5 heteroatoms. The number of rotatable bonds is 13. The maximum atomic E-state index is 5.15. The SMILES string of the molecule is CN(c1cc(-c2cncc(-c3cc(N(c4ccccc4)c4cccc5ccccc45)cc(N(c4ccccc4)c4cccc5ccccc45)c3)c2)cc(N(c2ccccc2)c2cccc3ccccc23)c1)c1cccc2ccccc12. The molecule has 0 atom stereocenters. The van der Waals surface area contributed by atoms with Crippen LogP contribution >= 0.6 is 0 Å². The second kappa shape index (κ2) is 21.2. The van der Waals surface area contributed by atoms with Crippen LogP contribution in [0.5, 0.6) is 0 Å². The summed E-state index contributed by atoms with van der Waals surface area (Å²) in [7, 11) is 2.18. The molecular formula is C76H55N5. The van der Waals surface area contributed by atoms with Gasteiger partial charge in [-0.25, -0.2) is 0 Å². The van der Waals surface area contributed by atoms with Gasteiger partial charge in [0.15, 0.2) is 0 Å². The molecule has 0 saturated carbocycles. The van der Waals surface area contributed by atoms with E-state index in [9.17, 15) is 0 Å². The standard InChI is InChI=1S/C76H55N5/c1-78(73-41-19-27-54-23-11-15-37-69(54)73)65-46-58(47-66(50-65)79(62-31-5-2-6-32-62)74-42-20-28-55-24-12-16-38-70(55)74)60-45-61(53-77-52-60)59-48-67(80(63-33-7-3-8-34-63)75-43-21-29-56-25-13-17-39-71(56)75)51-68(49-59)81(64-35-9-4-10-36-64)76-44-22-30-57-26-14-18-40-72(57)76/h2-53H,1H3. The van der Waals surface area contributed by atoms with Gasteiger partial charge in [0.1, 0.15) is 0 Å². The molecule has 14 aromatic rings. The van der Waals surface area contributed by atoms with E-state index in [1.165, 1.54) is 32.3 Å². The maximum absolute atomic E-state index is 5.15. The molecule has 0 N–H and O–H groups in total. The number of aromatic nitrogens is 1. The minimum Gasteiger partial charge on any atom is -0.344 e. The topological polar surface area (TPSA) is 25.9 Å². The van der Waals surface area contributed by atoms with E-state index < -0.39 is 0 Å². The lowest BCUT2D eigenvalue weighted by atomic mass is 9.98. The van der Waals surface area contributed by atoms with Crippen molar-refractivity contribution in [2.45, 2.75) is 0 Å². The number of anilines is 11. The first-order valence-electron chi connectivity index (χ1n) is 27.6. The van der Waals surface area contributed by atoms with Gasteiger partial charge in [0.25, 0.3) is 0 Å². The average molecular weight is 1040 g/mol. The average Bonchev–Trinajstić information content (AvgIpc) is 3.55. The van der Waals surface area contributed by atoms with Crippen LogP contribution in [0.15, 0.2) is 316 Å². The summed E-state index contributed by atoms with van der Waals surface area (Å²) in [6, 6.07) is 109. The van der Waals surface area contributed by atoms with Crippen molar-refractivity contribution in [3.8, 4) is 22.3 Å². The Morgan fingerprint density at radius 3 is 0.877 bits per heavy atom. The molecule has 0 aliphatic carbocycles. The van der Waals surface area contributed by atoms with Crippen molar-refractivity contribution in [3.63, 3.8) is 0 Å². The summed E-state index contributed by atoms with van der Waals surface area (Å²) in [6.45, 7) is 0. The summed E-state index contributed by atoms with van der Waals surface area (Å²) in [6.07, 6.45) is 4.03. The molecule has 81 heavy (non-hydrogen) atoms. The van der Waals surface area contributed by atoms with Crippen LogP contribution in [0.4, 0.5) is 62.6 Å². The fourth-order valence-corrected chi connectivity index (χ4v) is 11.7. The van der Waals surface area contributed by atoms with Crippen LogP contribution in [0.3, 0.4) is 0 Å². The van der Waals surface area contributed by atoms with Gasteiger partial charge < -0.3 is 19.6 Å². The van der Waals surface area contributed by atoms with Gasteiger partial charge in [-0.15, -0.1) is 0 Å². The second-order valence-corrected chi connectivity index (χ2v) is 20.5. The van der Waals surface area contributed by atoms with Crippen molar-refractivity contribution in [2.75, 3.05) is 26.6 Å². The zero-order valence-corrected chi connectivity index (χ0v) is 44.8. The third-order valence-electron chi connectivity index (χ3n) is 15.6. The number of fused-ring (bicyclic) bond motifs is 4. The van der Waals surface area contributed by atoms with Crippen molar-refractivity contribution in [1.29, 1.82) is 0 Å². The summed E-state index contributed by atoms with van der Waals surface area (Å²) >= 11 is 0. The maximum Gasteiger partial charge on any atom is 0.0540 e. The Labute approximate surface area is 472 Å². The Kier molecular flexibility index (Phi) is 12.7. The molecule has 0 unspecified atom stereocenters. The molecular weight excluding hydrogens is 983 g/mol. The fourth-order valence-electron chi connectivity index (χ4n) is 11.7. The molecule has 5 nitrogen and oxygen atoms in total. The van der Waals surface area contributed by atoms with Gasteiger partial charge in [0.05, 0.1) is 17.1 Å². The molecule has 0 saturated heterocycles. The van der Waals surface area contributed by atoms with E-state index in [2.05, 4.69) is 330 Å². The number of para-hydroxylation sites is 3. The van der Waals surface area contributed by atoms with Crippen molar-refractivity contribution in [3.05, 3.63) is 316 Å². The van der Waals surface area contributed by atoms with Crippen LogP contribution in [-0.2, 0) is 0 Å². The quantitative estimate of drug-likeness (QED) is 0.115. The molecule has 384 valence electrons. The molecule has 0 aliphatic heterocycles. The van der Waals surface area contributed by atoms with Gasteiger partial charge in [-0.3, -0.25) is 4.98 Å². The highest BCUT2D eigenvalue weighted by Crippen LogP contribution is 2.48. The number of hydrogen-bond acceptors (Lipinski definition) is 5. The van der Waals surface area contributed by atoms with Crippen LogP contribution < -0.4 is 19.6 Å². The van der Waals surface area contributed by atoms with E-state index in [0.717, 1.165) is 95.6 Å². The largest absolute Gasteiger partial charge is 0.344 e. The summed E-state index contributed by atoms with van der Waals surface area (Å²) in [5.74, 6) is 0. The summed E-state index contributed by atoms with van der Waals surface area (Å²) in [4.78, 5) is 14.7. The Morgan fingerprint density at radius 1 is 0.222 bits per heavy atom. The van der Waals surface area contributed by atoms with Gasteiger partial charge in [-0.05, 0) is 136 Å². The van der Waals surface area contributed by atoms with E-state index >= 15 is 0 Å². The lowest BCUT2D eigenvalue weighted by molar-refractivity contribution is 1.21. The summed E-state index contributed by atoms with van der Waals surface area (Å²) in [5, 5.41) is 9.38.